The normalized spacial score (nSPS) is 20.9. The first-order valence-corrected chi connectivity index (χ1v) is 5.57. The quantitative estimate of drug-likeness (QED) is 0.711. The molecule has 1 aliphatic heterocycles. The minimum absolute atomic E-state index is 0.0169. The molecule has 1 atom stereocenters. The first kappa shape index (κ1) is 10.5. The fourth-order valence-corrected chi connectivity index (χ4v) is 2.08. The number of imidazole rings is 1. The van der Waals surface area contributed by atoms with Crippen molar-refractivity contribution in [3.8, 4) is 0 Å². The molecule has 0 N–H and O–H groups in total. The Hall–Kier alpha value is -1.03. The van der Waals surface area contributed by atoms with Gasteiger partial charge >= 0.3 is 0 Å². The van der Waals surface area contributed by atoms with Gasteiger partial charge in [-0.3, -0.25) is 4.79 Å². The number of alkyl halides is 1. The second-order valence-corrected chi connectivity index (χ2v) is 4.29. The maximum Gasteiger partial charge on any atom is 0.274 e. The Labute approximate surface area is 93.8 Å². The van der Waals surface area contributed by atoms with E-state index in [1.165, 1.54) is 0 Å². The van der Waals surface area contributed by atoms with Crippen LogP contribution in [0.15, 0.2) is 12.5 Å². The molecule has 0 bridgehead atoms. The van der Waals surface area contributed by atoms with Crippen LogP contribution in [0.3, 0.4) is 0 Å². The van der Waals surface area contributed by atoms with Crippen LogP contribution in [-0.4, -0.2) is 39.3 Å². The number of nitrogens with zero attached hydrogens (tertiary/aromatic N) is 3. The maximum atomic E-state index is 11.9. The lowest BCUT2D eigenvalue weighted by molar-refractivity contribution is 0.0783. The van der Waals surface area contributed by atoms with Crippen LogP contribution in [0, 0.1) is 5.92 Å². The summed E-state index contributed by atoms with van der Waals surface area (Å²) in [6.45, 7) is 1.56. The summed E-state index contributed by atoms with van der Waals surface area (Å²) in [6.07, 6.45) is 4.39. The molecule has 5 heteroatoms. The van der Waals surface area contributed by atoms with Crippen LogP contribution in [0.5, 0.6) is 0 Å². The van der Waals surface area contributed by atoms with Gasteiger partial charge in [0.1, 0.15) is 5.69 Å². The molecule has 1 aromatic rings. The van der Waals surface area contributed by atoms with Gasteiger partial charge in [0.2, 0.25) is 0 Å². The molecule has 0 saturated carbocycles. The molecule has 1 fully saturated rings. The van der Waals surface area contributed by atoms with Gasteiger partial charge in [-0.25, -0.2) is 4.98 Å². The first-order chi connectivity index (χ1) is 7.20. The monoisotopic (exact) mass is 227 g/mol. The summed E-state index contributed by atoms with van der Waals surface area (Å²) in [5.41, 5.74) is 0.521. The van der Waals surface area contributed by atoms with E-state index in [1.54, 1.807) is 17.1 Å². The average molecular weight is 228 g/mol. The molecule has 1 saturated heterocycles. The molecular formula is C10H14ClN3O. The number of amides is 1. The SMILES string of the molecule is Cn1cnc(C(=O)N2CCC(CCl)C2)c1. The molecular weight excluding hydrogens is 214 g/mol. The molecule has 0 aromatic carbocycles. The van der Waals surface area contributed by atoms with E-state index in [0.717, 1.165) is 19.5 Å². The Morgan fingerprint density at radius 3 is 3.07 bits per heavy atom. The third kappa shape index (κ3) is 2.15. The Balaban J connectivity index is 2.03. The zero-order chi connectivity index (χ0) is 10.8. The van der Waals surface area contributed by atoms with Crippen LogP contribution in [0.4, 0.5) is 0 Å². The molecule has 4 nitrogen and oxygen atoms in total. The van der Waals surface area contributed by atoms with Crippen molar-refractivity contribution in [1.29, 1.82) is 0 Å². The summed E-state index contributed by atoms with van der Waals surface area (Å²) < 4.78 is 1.78. The van der Waals surface area contributed by atoms with Crippen LogP contribution in [0.1, 0.15) is 16.9 Å². The zero-order valence-electron chi connectivity index (χ0n) is 8.69. The van der Waals surface area contributed by atoms with Crippen LogP contribution in [0.2, 0.25) is 0 Å². The highest BCUT2D eigenvalue weighted by Crippen LogP contribution is 2.18. The molecule has 15 heavy (non-hydrogen) atoms. The predicted molar refractivity (Wildman–Crippen MR) is 57.9 cm³/mol. The summed E-state index contributed by atoms with van der Waals surface area (Å²) in [4.78, 5) is 17.8. The summed E-state index contributed by atoms with van der Waals surface area (Å²) in [5.74, 6) is 1.09. The maximum absolute atomic E-state index is 11.9. The van der Waals surface area contributed by atoms with E-state index in [0.29, 0.717) is 17.5 Å². The third-order valence-electron chi connectivity index (χ3n) is 2.72. The number of carbonyl (C=O) groups is 1. The first-order valence-electron chi connectivity index (χ1n) is 5.04. The predicted octanol–water partition coefficient (Wildman–Crippen LogP) is 1.12. The highest BCUT2D eigenvalue weighted by molar-refractivity contribution is 6.18. The number of likely N-dealkylation sites (tertiary alicyclic amines) is 1. The lowest BCUT2D eigenvalue weighted by Gasteiger charge is -2.14. The van der Waals surface area contributed by atoms with Crippen molar-refractivity contribution in [2.75, 3.05) is 19.0 Å². The van der Waals surface area contributed by atoms with E-state index in [-0.39, 0.29) is 5.91 Å². The number of hydrogen-bond acceptors (Lipinski definition) is 2. The third-order valence-corrected chi connectivity index (χ3v) is 3.15. The number of hydrogen-bond donors (Lipinski definition) is 0. The number of aromatic nitrogens is 2. The molecule has 2 heterocycles. The van der Waals surface area contributed by atoms with Gasteiger partial charge in [-0.15, -0.1) is 11.6 Å². The summed E-state index contributed by atoms with van der Waals surface area (Å²) in [6, 6.07) is 0. The Morgan fingerprint density at radius 1 is 1.73 bits per heavy atom. The van der Waals surface area contributed by atoms with Gasteiger partial charge in [-0.05, 0) is 12.3 Å². The van der Waals surface area contributed by atoms with Gasteiger partial charge in [0.15, 0.2) is 0 Å². The van der Waals surface area contributed by atoms with Gasteiger partial charge in [-0.2, -0.15) is 0 Å². The largest absolute Gasteiger partial charge is 0.340 e. The van der Waals surface area contributed by atoms with Crippen molar-refractivity contribution in [3.63, 3.8) is 0 Å². The smallest absolute Gasteiger partial charge is 0.274 e. The molecule has 0 spiro atoms. The van der Waals surface area contributed by atoms with Gasteiger partial charge in [0, 0.05) is 32.2 Å². The minimum Gasteiger partial charge on any atom is -0.340 e. The second-order valence-electron chi connectivity index (χ2n) is 3.98. The fourth-order valence-electron chi connectivity index (χ4n) is 1.83. The van der Waals surface area contributed by atoms with Crippen molar-refractivity contribution in [1.82, 2.24) is 14.5 Å². The number of aryl methyl sites for hydroxylation is 1. The molecule has 2 rings (SSSR count). The molecule has 1 unspecified atom stereocenters. The van der Waals surface area contributed by atoms with E-state index in [2.05, 4.69) is 4.98 Å². The van der Waals surface area contributed by atoms with E-state index in [9.17, 15) is 4.79 Å². The number of carbonyl (C=O) groups excluding carboxylic acids is 1. The molecule has 0 aliphatic carbocycles. The van der Waals surface area contributed by atoms with Crippen molar-refractivity contribution in [3.05, 3.63) is 18.2 Å². The lowest BCUT2D eigenvalue weighted by atomic mass is 10.2. The van der Waals surface area contributed by atoms with Crippen molar-refractivity contribution >= 4 is 17.5 Å². The van der Waals surface area contributed by atoms with Crippen molar-refractivity contribution in [2.24, 2.45) is 13.0 Å². The molecule has 82 valence electrons. The second kappa shape index (κ2) is 4.23. The summed E-state index contributed by atoms with van der Waals surface area (Å²) >= 11 is 5.77. The zero-order valence-corrected chi connectivity index (χ0v) is 9.44. The molecule has 1 amide bonds. The van der Waals surface area contributed by atoms with E-state index in [1.807, 2.05) is 11.9 Å². The molecule has 1 aromatic heterocycles. The summed E-state index contributed by atoms with van der Waals surface area (Å²) in [7, 11) is 1.86. The summed E-state index contributed by atoms with van der Waals surface area (Å²) in [5, 5.41) is 0. The Kier molecular flexibility index (Phi) is 2.95. The lowest BCUT2D eigenvalue weighted by Crippen LogP contribution is -2.29. The Morgan fingerprint density at radius 2 is 2.53 bits per heavy atom. The fraction of sp³-hybridized carbons (Fsp3) is 0.600. The average Bonchev–Trinajstić information content (AvgIpc) is 2.84. The van der Waals surface area contributed by atoms with Gasteiger partial charge in [0.05, 0.1) is 6.33 Å². The van der Waals surface area contributed by atoms with E-state index >= 15 is 0 Å². The number of rotatable bonds is 2. The highest BCUT2D eigenvalue weighted by atomic mass is 35.5. The minimum atomic E-state index is 0.0169. The van der Waals surface area contributed by atoms with Crippen LogP contribution in [0.25, 0.3) is 0 Å². The van der Waals surface area contributed by atoms with Crippen LogP contribution >= 0.6 is 11.6 Å². The van der Waals surface area contributed by atoms with Crippen molar-refractivity contribution in [2.45, 2.75) is 6.42 Å². The Bertz CT molecular complexity index is 363. The number of halogens is 1. The highest BCUT2D eigenvalue weighted by Gasteiger charge is 2.27. The van der Waals surface area contributed by atoms with Gasteiger partial charge in [0.25, 0.3) is 5.91 Å². The molecule has 0 radical (unpaired) electrons. The van der Waals surface area contributed by atoms with E-state index in [4.69, 9.17) is 11.6 Å². The van der Waals surface area contributed by atoms with E-state index < -0.39 is 0 Å². The standard InChI is InChI=1S/C10H14ClN3O/c1-13-6-9(12-7-13)10(15)14-3-2-8(4-11)5-14/h6-8H,2-5H2,1H3. The van der Waals surface area contributed by atoms with Gasteiger partial charge in [-0.1, -0.05) is 0 Å². The van der Waals surface area contributed by atoms with Gasteiger partial charge < -0.3 is 9.47 Å². The molecule has 1 aliphatic rings. The van der Waals surface area contributed by atoms with Crippen LogP contribution in [-0.2, 0) is 7.05 Å². The van der Waals surface area contributed by atoms with Crippen molar-refractivity contribution < 1.29 is 4.79 Å². The topological polar surface area (TPSA) is 38.1 Å². The van der Waals surface area contributed by atoms with Crippen LogP contribution < -0.4 is 0 Å².